The summed E-state index contributed by atoms with van der Waals surface area (Å²) in [5, 5.41) is 0. The lowest BCUT2D eigenvalue weighted by atomic mass is 10.1. The molecule has 1 heterocycles. The minimum atomic E-state index is 0.686. The van der Waals surface area contributed by atoms with Crippen LogP contribution in [0.2, 0.25) is 0 Å². The van der Waals surface area contributed by atoms with E-state index < -0.39 is 0 Å². The average molecular weight is 205 g/mol. The van der Waals surface area contributed by atoms with Crippen molar-refractivity contribution in [2.75, 3.05) is 13.1 Å². The van der Waals surface area contributed by atoms with Gasteiger partial charge in [-0.05, 0) is 31.5 Å². The van der Waals surface area contributed by atoms with Crippen molar-refractivity contribution in [1.29, 1.82) is 0 Å². The zero-order valence-electron chi connectivity index (χ0n) is 10.2. The smallest absolute Gasteiger partial charge is 0.0348 e. The van der Waals surface area contributed by atoms with Crippen LogP contribution < -0.4 is 0 Å². The highest BCUT2D eigenvalue weighted by molar-refractivity contribution is 5.19. The largest absolute Gasteiger partial charge is 0.297 e. The van der Waals surface area contributed by atoms with Crippen LogP contribution in [0.15, 0.2) is 30.3 Å². The summed E-state index contributed by atoms with van der Waals surface area (Å²) in [5.74, 6) is 0. The maximum atomic E-state index is 2.56. The molecule has 1 saturated heterocycles. The van der Waals surface area contributed by atoms with Crippen molar-refractivity contribution in [2.24, 2.45) is 0 Å². The molecule has 1 fully saturated rings. The van der Waals surface area contributed by atoms with Gasteiger partial charge in [0.25, 0.3) is 0 Å². The molecule has 1 atom stereocenters. The van der Waals surface area contributed by atoms with Gasteiger partial charge < -0.3 is 0 Å². The lowest BCUT2D eigenvalue weighted by molar-refractivity contribution is 0.271. The predicted octanol–water partition coefficient (Wildman–Crippen LogP) is 3.87. The van der Waals surface area contributed by atoms with Crippen molar-refractivity contribution >= 4 is 0 Å². The molecule has 0 N–H and O–H groups in total. The Morgan fingerprint density at radius 1 is 1.20 bits per heavy atom. The maximum absolute atomic E-state index is 2.56. The standard InChI is InChI=1S/C12H17N.C2H6/c1-2-13-10-6-9-12(13)11-7-4-3-5-8-11;1-2/h3-5,7-8,12H,2,6,9-10H2,1H3;1-2H3. The van der Waals surface area contributed by atoms with Crippen molar-refractivity contribution in [2.45, 2.75) is 39.7 Å². The summed E-state index contributed by atoms with van der Waals surface area (Å²) in [4.78, 5) is 2.56. The van der Waals surface area contributed by atoms with E-state index >= 15 is 0 Å². The molecule has 1 aliphatic rings. The van der Waals surface area contributed by atoms with Gasteiger partial charge in [-0.1, -0.05) is 51.1 Å². The fourth-order valence-electron chi connectivity index (χ4n) is 2.26. The molecule has 1 nitrogen and oxygen atoms in total. The van der Waals surface area contributed by atoms with Gasteiger partial charge in [0.05, 0.1) is 0 Å². The summed E-state index contributed by atoms with van der Waals surface area (Å²) in [6.45, 7) is 8.71. The first-order valence-electron chi connectivity index (χ1n) is 6.21. The summed E-state index contributed by atoms with van der Waals surface area (Å²) >= 11 is 0. The van der Waals surface area contributed by atoms with Gasteiger partial charge >= 0.3 is 0 Å². The first-order valence-corrected chi connectivity index (χ1v) is 6.21. The summed E-state index contributed by atoms with van der Waals surface area (Å²) in [7, 11) is 0. The van der Waals surface area contributed by atoms with Crippen molar-refractivity contribution < 1.29 is 0 Å². The van der Waals surface area contributed by atoms with E-state index in [0.717, 1.165) is 0 Å². The highest BCUT2D eigenvalue weighted by Crippen LogP contribution is 2.30. The third kappa shape index (κ3) is 3.07. The second kappa shape index (κ2) is 6.62. The lowest BCUT2D eigenvalue weighted by Gasteiger charge is -2.22. The molecule has 0 bridgehead atoms. The third-order valence-corrected chi connectivity index (χ3v) is 2.95. The van der Waals surface area contributed by atoms with Crippen LogP contribution in [-0.4, -0.2) is 18.0 Å². The Balaban J connectivity index is 0.000000531. The minimum Gasteiger partial charge on any atom is -0.297 e. The van der Waals surface area contributed by atoms with Crippen LogP contribution in [-0.2, 0) is 0 Å². The van der Waals surface area contributed by atoms with Gasteiger partial charge in [0.15, 0.2) is 0 Å². The Morgan fingerprint density at radius 3 is 2.47 bits per heavy atom. The molecule has 0 spiro atoms. The Labute approximate surface area is 94.1 Å². The summed E-state index contributed by atoms with van der Waals surface area (Å²) in [6, 6.07) is 11.6. The van der Waals surface area contributed by atoms with Crippen LogP contribution in [0, 0.1) is 0 Å². The van der Waals surface area contributed by atoms with Crippen LogP contribution in [0.1, 0.15) is 45.2 Å². The Morgan fingerprint density at radius 2 is 1.87 bits per heavy atom. The second-order valence-electron chi connectivity index (χ2n) is 3.70. The van der Waals surface area contributed by atoms with Crippen molar-refractivity contribution in [3.05, 3.63) is 35.9 Å². The van der Waals surface area contributed by atoms with E-state index in [1.54, 1.807) is 0 Å². The molecule has 0 saturated carbocycles. The lowest BCUT2D eigenvalue weighted by Crippen LogP contribution is -2.22. The zero-order valence-corrected chi connectivity index (χ0v) is 10.2. The fourth-order valence-corrected chi connectivity index (χ4v) is 2.26. The molecule has 1 heteroatoms. The Bertz CT molecular complexity index is 255. The second-order valence-corrected chi connectivity index (χ2v) is 3.70. The third-order valence-electron chi connectivity index (χ3n) is 2.95. The minimum absolute atomic E-state index is 0.686. The van der Waals surface area contributed by atoms with Gasteiger partial charge in [0.2, 0.25) is 0 Å². The van der Waals surface area contributed by atoms with E-state index in [1.807, 2.05) is 13.8 Å². The quantitative estimate of drug-likeness (QED) is 0.708. The van der Waals surface area contributed by atoms with E-state index in [-0.39, 0.29) is 0 Å². The number of likely N-dealkylation sites (tertiary alicyclic amines) is 1. The summed E-state index contributed by atoms with van der Waals surface area (Å²) in [6.07, 6.45) is 2.69. The van der Waals surface area contributed by atoms with E-state index in [4.69, 9.17) is 0 Å². The zero-order chi connectivity index (χ0) is 11.1. The molecule has 84 valence electrons. The molecule has 15 heavy (non-hydrogen) atoms. The average Bonchev–Trinajstić information content (AvgIpc) is 2.81. The summed E-state index contributed by atoms with van der Waals surface area (Å²) < 4.78 is 0. The molecule has 0 amide bonds. The van der Waals surface area contributed by atoms with Crippen LogP contribution in [0.5, 0.6) is 0 Å². The van der Waals surface area contributed by atoms with Crippen LogP contribution in [0.3, 0.4) is 0 Å². The fraction of sp³-hybridized carbons (Fsp3) is 0.571. The van der Waals surface area contributed by atoms with E-state index in [0.29, 0.717) is 6.04 Å². The Hall–Kier alpha value is -0.820. The first-order chi connectivity index (χ1) is 7.42. The number of nitrogens with zero attached hydrogens (tertiary/aromatic N) is 1. The molecule has 0 aliphatic carbocycles. The molecule has 1 aromatic carbocycles. The summed E-state index contributed by atoms with van der Waals surface area (Å²) in [5.41, 5.74) is 1.49. The van der Waals surface area contributed by atoms with Crippen LogP contribution in [0.25, 0.3) is 0 Å². The highest BCUT2D eigenvalue weighted by Gasteiger charge is 2.23. The van der Waals surface area contributed by atoms with Gasteiger partial charge in [-0.2, -0.15) is 0 Å². The molecule has 2 rings (SSSR count). The topological polar surface area (TPSA) is 3.24 Å². The first kappa shape index (κ1) is 12.3. The van der Waals surface area contributed by atoms with Crippen molar-refractivity contribution in [1.82, 2.24) is 4.90 Å². The van der Waals surface area contributed by atoms with Gasteiger partial charge in [0.1, 0.15) is 0 Å². The van der Waals surface area contributed by atoms with Gasteiger partial charge in [0, 0.05) is 6.04 Å². The maximum Gasteiger partial charge on any atom is 0.0348 e. The van der Waals surface area contributed by atoms with E-state index in [9.17, 15) is 0 Å². The van der Waals surface area contributed by atoms with E-state index in [2.05, 4.69) is 42.2 Å². The van der Waals surface area contributed by atoms with Crippen molar-refractivity contribution in [3.8, 4) is 0 Å². The predicted molar refractivity (Wildman–Crippen MR) is 67.0 cm³/mol. The molecular weight excluding hydrogens is 182 g/mol. The monoisotopic (exact) mass is 205 g/mol. The van der Waals surface area contributed by atoms with Crippen LogP contribution >= 0.6 is 0 Å². The SMILES string of the molecule is CC.CCN1CCCC1c1ccccc1. The van der Waals surface area contributed by atoms with Crippen LogP contribution in [0.4, 0.5) is 0 Å². The molecule has 1 aliphatic heterocycles. The number of hydrogen-bond acceptors (Lipinski definition) is 1. The van der Waals surface area contributed by atoms with Gasteiger partial charge in [-0.15, -0.1) is 0 Å². The molecule has 0 aromatic heterocycles. The normalized spacial score (nSPS) is 20.9. The number of rotatable bonds is 2. The van der Waals surface area contributed by atoms with E-state index in [1.165, 1.54) is 31.5 Å². The number of benzene rings is 1. The molecule has 0 radical (unpaired) electrons. The number of hydrogen-bond donors (Lipinski definition) is 0. The highest BCUT2D eigenvalue weighted by atomic mass is 15.2. The Kier molecular flexibility index (Phi) is 5.41. The molecule has 1 unspecified atom stereocenters. The molecular formula is C14H23N. The van der Waals surface area contributed by atoms with Crippen molar-refractivity contribution in [3.63, 3.8) is 0 Å². The van der Waals surface area contributed by atoms with Gasteiger partial charge in [-0.3, -0.25) is 4.90 Å². The molecule has 1 aromatic rings. The van der Waals surface area contributed by atoms with Gasteiger partial charge in [-0.25, -0.2) is 0 Å².